The SMILES string of the molecule is Cc1cc(C(=O)NCC(Nc2ccccc2)C(C)C)c(C)o1. The monoisotopic (exact) mass is 300 g/mol. The summed E-state index contributed by atoms with van der Waals surface area (Å²) in [7, 11) is 0. The standard InChI is InChI=1S/C18H24N2O2/c1-12(2)17(20-15-8-6-5-7-9-15)11-19-18(21)16-10-13(3)22-14(16)4/h5-10,12,17,20H,11H2,1-4H3,(H,19,21). The molecular formula is C18H24N2O2. The van der Waals surface area contributed by atoms with Gasteiger partial charge in [-0.3, -0.25) is 4.79 Å². The lowest BCUT2D eigenvalue weighted by Crippen LogP contribution is -2.39. The lowest BCUT2D eigenvalue weighted by Gasteiger charge is -2.24. The maximum absolute atomic E-state index is 12.3. The molecule has 0 aliphatic carbocycles. The maximum Gasteiger partial charge on any atom is 0.254 e. The van der Waals surface area contributed by atoms with Gasteiger partial charge in [0.2, 0.25) is 0 Å². The number of rotatable bonds is 6. The molecule has 0 aliphatic rings. The normalized spacial score (nSPS) is 12.2. The van der Waals surface area contributed by atoms with Crippen molar-refractivity contribution in [1.29, 1.82) is 0 Å². The summed E-state index contributed by atoms with van der Waals surface area (Å²) in [5.74, 6) is 1.72. The highest BCUT2D eigenvalue weighted by Gasteiger charge is 2.17. The Labute approximate surface area is 131 Å². The minimum Gasteiger partial charge on any atom is -0.466 e. The molecule has 0 radical (unpaired) electrons. The van der Waals surface area contributed by atoms with Gasteiger partial charge in [-0.1, -0.05) is 32.0 Å². The Morgan fingerprint density at radius 1 is 1.18 bits per heavy atom. The number of carbonyl (C=O) groups is 1. The third-order valence-electron chi connectivity index (χ3n) is 3.70. The minimum atomic E-state index is -0.0881. The van der Waals surface area contributed by atoms with E-state index in [4.69, 9.17) is 4.42 Å². The van der Waals surface area contributed by atoms with Crippen molar-refractivity contribution in [3.05, 3.63) is 53.5 Å². The fourth-order valence-corrected chi connectivity index (χ4v) is 2.36. The van der Waals surface area contributed by atoms with Crippen LogP contribution in [-0.2, 0) is 0 Å². The van der Waals surface area contributed by atoms with E-state index >= 15 is 0 Å². The molecule has 1 heterocycles. The first-order chi connectivity index (χ1) is 10.5. The van der Waals surface area contributed by atoms with Crippen LogP contribution < -0.4 is 10.6 Å². The van der Waals surface area contributed by atoms with E-state index in [0.29, 0.717) is 23.8 Å². The largest absolute Gasteiger partial charge is 0.466 e. The lowest BCUT2D eigenvalue weighted by molar-refractivity contribution is 0.0949. The topological polar surface area (TPSA) is 54.3 Å². The second kappa shape index (κ2) is 7.16. The van der Waals surface area contributed by atoms with Gasteiger partial charge in [-0.2, -0.15) is 0 Å². The van der Waals surface area contributed by atoms with Crippen LogP contribution in [0.15, 0.2) is 40.8 Å². The molecule has 0 saturated carbocycles. The Morgan fingerprint density at radius 3 is 2.41 bits per heavy atom. The Kier molecular flexibility index (Phi) is 5.26. The molecule has 0 spiro atoms. The average molecular weight is 300 g/mol. The molecule has 4 heteroatoms. The molecule has 1 unspecified atom stereocenters. The number of hydrogen-bond donors (Lipinski definition) is 2. The van der Waals surface area contributed by atoms with E-state index in [-0.39, 0.29) is 11.9 Å². The number of amides is 1. The number of benzene rings is 1. The third kappa shape index (κ3) is 4.13. The van der Waals surface area contributed by atoms with E-state index in [1.165, 1.54) is 0 Å². The smallest absolute Gasteiger partial charge is 0.254 e. The minimum absolute atomic E-state index is 0.0881. The van der Waals surface area contributed by atoms with Crippen LogP contribution in [0.25, 0.3) is 0 Å². The van der Waals surface area contributed by atoms with Crippen molar-refractivity contribution in [3.63, 3.8) is 0 Å². The fraction of sp³-hybridized carbons (Fsp3) is 0.389. The molecule has 4 nitrogen and oxygen atoms in total. The molecule has 2 N–H and O–H groups in total. The summed E-state index contributed by atoms with van der Waals surface area (Å²) in [6.07, 6.45) is 0. The van der Waals surface area contributed by atoms with Crippen molar-refractivity contribution >= 4 is 11.6 Å². The molecule has 1 atom stereocenters. The third-order valence-corrected chi connectivity index (χ3v) is 3.70. The van der Waals surface area contributed by atoms with Gasteiger partial charge in [-0.25, -0.2) is 0 Å². The predicted molar refractivity (Wildman–Crippen MR) is 89.2 cm³/mol. The first-order valence-corrected chi connectivity index (χ1v) is 7.64. The molecule has 0 bridgehead atoms. The van der Waals surface area contributed by atoms with E-state index in [2.05, 4.69) is 24.5 Å². The van der Waals surface area contributed by atoms with Crippen LogP contribution in [-0.4, -0.2) is 18.5 Å². The van der Waals surface area contributed by atoms with Gasteiger partial charge in [0.25, 0.3) is 5.91 Å². The van der Waals surface area contributed by atoms with Crippen molar-refractivity contribution in [1.82, 2.24) is 5.32 Å². The zero-order valence-corrected chi connectivity index (χ0v) is 13.6. The Hall–Kier alpha value is -2.23. The quantitative estimate of drug-likeness (QED) is 0.854. The van der Waals surface area contributed by atoms with E-state index in [9.17, 15) is 4.79 Å². The summed E-state index contributed by atoms with van der Waals surface area (Å²) in [5.41, 5.74) is 1.67. The van der Waals surface area contributed by atoms with Gasteiger partial charge in [0.15, 0.2) is 0 Å². The summed E-state index contributed by atoms with van der Waals surface area (Å²) in [6, 6.07) is 12.0. The Balaban J connectivity index is 1.97. The Morgan fingerprint density at radius 2 is 1.86 bits per heavy atom. The van der Waals surface area contributed by atoms with Gasteiger partial charge in [0, 0.05) is 18.3 Å². The molecular weight excluding hydrogens is 276 g/mol. The van der Waals surface area contributed by atoms with Crippen LogP contribution in [0.5, 0.6) is 0 Å². The van der Waals surface area contributed by atoms with Crippen molar-refractivity contribution in [2.24, 2.45) is 5.92 Å². The van der Waals surface area contributed by atoms with E-state index in [0.717, 1.165) is 11.4 Å². The average Bonchev–Trinajstić information content (AvgIpc) is 2.82. The van der Waals surface area contributed by atoms with Gasteiger partial charge < -0.3 is 15.1 Å². The molecule has 22 heavy (non-hydrogen) atoms. The lowest BCUT2D eigenvalue weighted by atomic mass is 10.0. The number of nitrogens with one attached hydrogen (secondary N) is 2. The molecule has 0 aliphatic heterocycles. The van der Waals surface area contributed by atoms with Crippen molar-refractivity contribution in [3.8, 4) is 0 Å². The summed E-state index contributed by atoms with van der Waals surface area (Å²) in [5, 5.41) is 6.46. The molecule has 1 aromatic heterocycles. The predicted octanol–water partition coefficient (Wildman–Crippen LogP) is 3.76. The highest BCUT2D eigenvalue weighted by Crippen LogP contribution is 2.15. The van der Waals surface area contributed by atoms with Crippen LogP contribution in [0.3, 0.4) is 0 Å². The second-order valence-corrected chi connectivity index (χ2v) is 5.90. The summed E-state index contributed by atoms with van der Waals surface area (Å²) < 4.78 is 5.41. The highest BCUT2D eigenvalue weighted by molar-refractivity contribution is 5.95. The number of anilines is 1. The summed E-state index contributed by atoms with van der Waals surface area (Å²) in [4.78, 5) is 12.3. The van der Waals surface area contributed by atoms with Crippen LogP contribution in [0.2, 0.25) is 0 Å². The van der Waals surface area contributed by atoms with Gasteiger partial charge >= 0.3 is 0 Å². The van der Waals surface area contributed by atoms with Crippen LogP contribution >= 0.6 is 0 Å². The number of furan rings is 1. The molecule has 0 fully saturated rings. The number of hydrogen-bond acceptors (Lipinski definition) is 3. The number of aryl methyl sites for hydroxylation is 2. The van der Waals surface area contributed by atoms with Crippen molar-refractivity contribution < 1.29 is 9.21 Å². The van der Waals surface area contributed by atoms with Gasteiger partial charge in [0.05, 0.1) is 5.56 Å². The van der Waals surface area contributed by atoms with Crippen molar-refractivity contribution in [2.45, 2.75) is 33.7 Å². The first kappa shape index (κ1) is 16.1. The number of carbonyl (C=O) groups excluding carboxylic acids is 1. The van der Waals surface area contributed by atoms with Crippen LogP contribution in [0.1, 0.15) is 35.7 Å². The second-order valence-electron chi connectivity index (χ2n) is 5.90. The summed E-state index contributed by atoms with van der Waals surface area (Å²) in [6.45, 7) is 8.50. The van der Waals surface area contributed by atoms with E-state index in [1.807, 2.05) is 44.2 Å². The molecule has 1 amide bonds. The Bertz CT molecular complexity index is 617. The fourth-order valence-electron chi connectivity index (χ4n) is 2.36. The van der Waals surface area contributed by atoms with Crippen LogP contribution in [0.4, 0.5) is 5.69 Å². The molecule has 2 rings (SSSR count). The van der Waals surface area contributed by atoms with E-state index < -0.39 is 0 Å². The zero-order chi connectivity index (χ0) is 16.1. The van der Waals surface area contributed by atoms with Gasteiger partial charge in [-0.05, 0) is 38.0 Å². The molecule has 1 aromatic carbocycles. The molecule has 0 saturated heterocycles. The van der Waals surface area contributed by atoms with Gasteiger partial charge in [-0.15, -0.1) is 0 Å². The van der Waals surface area contributed by atoms with E-state index in [1.54, 1.807) is 6.07 Å². The zero-order valence-electron chi connectivity index (χ0n) is 13.6. The summed E-state index contributed by atoms with van der Waals surface area (Å²) >= 11 is 0. The van der Waals surface area contributed by atoms with Crippen molar-refractivity contribution in [2.75, 3.05) is 11.9 Å². The van der Waals surface area contributed by atoms with Crippen LogP contribution in [0, 0.1) is 19.8 Å². The maximum atomic E-state index is 12.3. The van der Waals surface area contributed by atoms with Gasteiger partial charge in [0.1, 0.15) is 11.5 Å². The molecule has 118 valence electrons. The molecule has 2 aromatic rings. The number of para-hydroxylation sites is 1. The first-order valence-electron chi connectivity index (χ1n) is 7.64. The highest BCUT2D eigenvalue weighted by atomic mass is 16.3.